The summed E-state index contributed by atoms with van der Waals surface area (Å²) in [5, 5.41) is 40.5. The largest absolute Gasteiger partial charge is 2.00 e. The molecule has 18 nitrogen and oxygen atoms in total. The molecular weight excluding hydrogens is 1030 g/mol. The molecule has 0 spiro atoms. The monoisotopic (exact) mass is 1080 g/mol. The van der Waals surface area contributed by atoms with Gasteiger partial charge in [-0.25, -0.2) is 29.3 Å². The van der Waals surface area contributed by atoms with Crippen LogP contribution in [0, 0.1) is 55.4 Å². The summed E-state index contributed by atoms with van der Waals surface area (Å²) in [7, 11) is 1.76. The molecule has 0 radical (unpaired) electrons. The average Bonchev–Trinajstić information content (AvgIpc) is 4.10. The Labute approximate surface area is 438 Å². The number of aliphatic imine (C=N–C) groups is 6. The summed E-state index contributed by atoms with van der Waals surface area (Å²) in [6.07, 6.45) is 7.22. The van der Waals surface area contributed by atoms with Crippen LogP contribution in [0.1, 0.15) is 110 Å². The molecule has 10 rings (SSSR count). The van der Waals surface area contributed by atoms with Crippen LogP contribution in [0.15, 0.2) is 122 Å². The Morgan fingerprint density at radius 3 is 1.54 bits per heavy atom. The SMILES string of the molecule is CN=C1N=C(N=C2[N-]C(=NC3=N/C(=N\c4[n-]cc5cc(C)c(C)cc45)c4cc(C)c(C)cc43)c3cc(C)c(C)cc32)c2cc(C)c(C)cc21.O=C(O)c1ccncc1C(=O)O.OOCc1ccncc1COO.[Ru+2]. The number of fused-ring (bicyclic) bond motifs is 4. The Bertz CT molecular complexity index is 3540. The number of aromatic carboxylic acids is 2. The molecule has 3 aromatic heterocycles. The van der Waals surface area contributed by atoms with Gasteiger partial charge in [-0.3, -0.25) is 25.5 Å². The molecule has 3 aliphatic rings. The predicted octanol–water partition coefficient (Wildman–Crippen LogP) is 10.1. The van der Waals surface area contributed by atoms with E-state index in [-0.39, 0.29) is 43.8 Å². The maximum Gasteiger partial charge on any atom is 2.00 e. The van der Waals surface area contributed by atoms with E-state index in [2.05, 4.69) is 134 Å². The van der Waals surface area contributed by atoms with Crippen molar-refractivity contribution in [2.24, 2.45) is 30.0 Å². The van der Waals surface area contributed by atoms with Crippen molar-refractivity contribution < 1.29 is 59.6 Å². The van der Waals surface area contributed by atoms with E-state index in [1.54, 1.807) is 19.3 Å². The van der Waals surface area contributed by atoms with E-state index in [0.717, 1.165) is 84.2 Å². The Morgan fingerprint density at radius 2 is 1.01 bits per heavy atom. The van der Waals surface area contributed by atoms with Gasteiger partial charge in [0.2, 0.25) is 0 Å². The molecule has 4 aromatic carbocycles. The number of benzene rings is 4. The van der Waals surface area contributed by atoms with Crippen molar-refractivity contribution in [1.82, 2.24) is 15.0 Å². The third-order valence-corrected chi connectivity index (χ3v) is 12.8. The molecule has 0 saturated heterocycles. The first kappa shape index (κ1) is 53.7. The maximum atomic E-state index is 10.4. The normalized spacial score (nSPS) is 15.1. The zero-order valence-corrected chi connectivity index (χ0v) is 43.6. The topological polar surface area (TPSA) is 262 Å². The van der Waals surface area contributed by atoms with Crippen molar-refractivity contribution in [3.63, 3.8) is 0 Å². The van der Waals surface area contributed by atoms with Gasteiger partial charge in [0, 0.05) is 71.3 Å². The number of aromatic nitrogens is 3. The fourth-order valence-electron chi connectivity index (χ4n) is 8.16. The van der Waals surface area contributed by atoms with E-state index in [0.29, 0.717) is 46.4 Å². The molecule has 0 unspecified atom stereocenters. The standard InChI is InChI=1S/C41H36N8.C7H9NO4.C7H5NO4.Ru/c1-19-10-27-18-43-36(28(27)11-20(19)2)45-38-31-14-23(5)24(6)15-32(31)40(47-38)49-41-34-17-26(8)25(7)16-33(34)39(48-41)46-37-30-13-22(4)21(3)12-29(30)35(42-9)44-37;9-11-4-6-1-2-8-3-7(6)5-12-10;9-6(10)4-1-2-8-3-5(4)7(11)12;/h10-18H,1-9H3;1-3,9-10H,4-5H2;1-3H,(H,9,10)(H,11,12);/q-2;;;+2. The number of nitrogens with zero attached hydrogens (tertiary/aromatic N) is 10. The van der Waals surface area contributed by atoms with Crippen molar-refractivity contribution in [3.05, 3.63) is 197 Å². The molecule has 6 heterocycles. The van der Waals surface area contributed by atoms with Crippen molar-refractivity contribution in [3.8, 4) is 0 Å². The van der Waals surface area contributed by atoms with Crippen LogP contribution in [0.25, 0.3) is 16.1 Å². The van der Waals surface area contributed by atoms with Crippen LogP contribution in [0.3, 0.4) is 0 Å². The summed E-state index contributed by atoms with van der Waals surface area (Å²) in [4.78, 5) is 70.3. The molecule has 19 heteroatoms. The first-order valence-electron chi connectivity index (χ1n) is 22.9. The van der Waals surface area contributed by atoms with Gasteiger partial charge in [-0.05, 0) is 170 Å². The first-order chi connectivity index (χ1) is 35.0. The number of carboxylic acids is 2. The summed E-state index contributed by atoms with van der Waals surface area (Å²) in [5.41, 5.74) is 15.9. The second-order valence-electron chi connectivity index (χ2n) is 17.6. The molecular formula is C55H50N10O8Ru. The molecule has 376 valence electrons. The molecule has 3 aliphatic heterocycles. The summed E-state index contributed by atoms with van der Waals surface area (Å²) in [5.74, 6) is 1.68. The molecule has 0 bridgehead atoms. The Balaban J connectivity index is 0.000000263. The van der Waals surface area contributed by atoms with Crippen molar-refractivity contribution in [2.45, 2.75) is 68.6 Å². The van der Waals surface area contributed by atoms with Gasteiger partial charge in [0.25, 0.3) is 0 Å². The Hall–Kier alpha value is -8.06. The van der Waals surface area contributed by atoms with E-state index in [4.69, 9.17) is 51.0 Å². The number of carbonyl (C=O) groups is 2. The quantitative estimate of drug-likeness (QED) is 0.0663. The number of rotatable bonds is 7. The number of carboxylic acid groups (broad SMARTS) is 2. The van der Waals surface area contributed by atoms with Crippen LogP contribution >= 0.6 is 0 Å². The van der Waals surface area contributed by atoms with Gasteiger partial charge in [-0.1, -0.05) is 30.5 Å². The molecule has 0 amide bonds. The maximum absolute atomic E-state index is 10.4. The summed E-state index contributed by atoms with van der Waals surface area (Å²) < 4.78 is 0. The van der Waals surface area contributed by atoms with Gasteiger partial charge >= 0.3 is 31.4 Å². The minimum Gasteiger partial charge on any atom is -0.478 e. The first-order valence-corrected chi connectivity index (χ1v) is 22.9. The second kappa shape index (κ2) is 22.8. The van der Waals surface area contributed by atoms with Crippen LogP contribution < -0.4 is 4.98 Å². The van der Waals surface area contributed by atoms with Crippen LogP contribution in [0.4, 0.5) is 5.82 Å². The number of hydrogen-bond donors (Lipinski definition) is 4. The van der Waals surface area contributed by atoms with Crippen molar-refractivity contribution in [2.75, 3.05) is 7.05 Å². The molecule has 7 aromatic rings. The van der Waals surface area contributed by atoms with E-state index in [9.17, 15) is 9.59 Å². The molecule has 0 aliphatic carbocycles. The summed E-state index contributed by atoms with van der Waals surface area (Å²) >= 11 is 0. The molecule has 74 heavy (non-hydrogen) atoms. The zero-order valence-electron chi connectivity index (χ0n) is 41.8. The minimum absolute atomic E-state index is 0. The Morgan fingerprint density at radius 1 is 0.554 bits per heavy atom. The van der Waals surface area contributed by atoms with Crippen LogP contribution in [-0.2, 0) is 42.5 Å². The van der Waals surface area contributed by atoms with Gasteiger partial charge < -0.3 is 35.5 Å². The van der Waals surface area contributed by atoms with E-state index in [1.807, 2.05) is 6.20 Å². The van der Waals surface area contributed by atoms with Gasteiger partial charge in [-0.2, -0.15) is 0 Å². The van der Waals surface area contributed by atoms with Crippen LogP contribution in [0.2, 0.25) is 0 Å². The number of pyridine rings is 2. The number of amidine groups is 6. The second-order valence-corrected chi connectivity index (χ2v) is 17.6. The average molecular weight is 1080 g/mol. The van der Waals surface area contributed by atoms with Gasteiger partial charge in [0.05, 0.1) is 28.6 Å². The fourth-order valence-corrected chi connectivity index (χ4v) is 8.16. The van der Waals surface area contributed by atoms with Gasteiger partial charge in [-0.15, -0.1) is 0 Å². The predicted molar refractivity (Wildman–Crippen MR) is 280 cm³/mol. The van der Waals surface area contributed by atoms with Gasteiger partial charge in [0.1, 0.15) is 13.2 Å². The number of hydrogen-bond acceptors (Lipinski definition) is 12. The third kappa shape index (κ3) is 11.1. The summed E-state index contributed by atoms with van der Waals surface area (Å²) in [6, 6.07) is 20.0. The van der Waals surface area contributed by atoms with E-state index in [1.165, 1.54) is 34.6 Å². The molecule has 0 atom stereocenters. The molecule has 0 fully saturated rings. The minimum atomic E-state index is -1.29. The van der Waals surface area contributed by atoms with Crippen LogP contribution in [-0.4, -0.2) is 84.7 Å². The smallest absolute Gasteiger partial charge is 0.478 e. The van der Waals surface area contributed by atoms with Crippen LogP contribution in [0.5, 0.6) is 0 Å². The third-order valence-electron chi connectivity index (χ3n) is 12.8. The number of aryl methyl sites for hydroxylation is 8. The van der Waals surface area contributed by atoms with Gasteiger partial charge in [0.15, 0.2) is 5.84 Å². The Kier molecular flexibility index (Phi) is 16.5. The molecule has 4 N–H and O–H groups in total. The summed E-state index contributed by atoms with van der Waals surface area (Å²) in [6.45, 7) is 17.0. The van der Waals surface area contributed by atoms with E-state index >= 15 is 0 Å². The van der Waals surface area contributed by atoms with Crippen molar-refractivity contribution >= 4 is 63.5 Å². The van der Waals surface area contributed by atoms with Crippen molar-refractivity contribution in [1.29, 1.82) is 0 Å². The zero-order chi connectivity index (χ0) is 52.2. The van der Waals surface area contributed by atoms with E-state index < -0.39 is 11.9 Å². The molecule has 0 saturated carbocycles. The fraction of sp³-hybridized carbons (Fsp3) is 0.200.